The van der Waals surface area contributed by atoms with Crippen molar-refractivity contribution in [3.63, 3.8) is 0 Å². The molecular formula is C12H20N2O6. The summed E-state index contributed by atoms with van der Waals surface area (Å²) in [5.41, 5.74) is 5.16. The Kier molecular flexibility index (Phi) is 7.95. The smallest absolute Gasteiger partial charge is 0.312 e. The lowest BCUT2D eigenvalue weighted by Crippen LogP contribution is -2.51. The van der Waals surface area contributed by atoms with E-state index in [0.717, 1.165) is 0 Å². The molecule has 114 valence electrons. The maximum absolute atomic E-state index is 11.8. The number of hydrogen-bond acceptors (Lipinski definition) is 6. The summed E-state index contributed by atoms with van der Waals surface area (Å²) < 4.78 is 9.51. The monoisotopic (exact) mass is 288 g/mol. The number of carbonyl (C=O) groups excluding carboxylic acids is 4. The van der Waals surface area contributed by atoms with Gasteiger partial charge in [0, 0.05) is 6.92 Å². The Labute approximate surface area is 117 Å². The van der Waals surface area contributed by atoms with Gasteiger partial charge in [-0.25, -0.2) is 0 Å². The number of primary amides is 1. The van der Waals surface area contributed by atoms with E-state index in [2.05, 4.69) is 5.32 Å². The molecule has 2 amide bonds. The van der Waals surface area contributed by atoms with Crippen LogP contribution in [0.15, 0.2) is 0 Å². The summed E-state index contributed by atoms with van der Waals surface area (Å²) in [4.78, 5) is 45.7. The number of hydrogen-bond donors (Lipinski definition) is 2. The Balaban J connectivity index is 5.13. The maximum atomic E-state index is 11.8. The molecule has 8 heteroatoms. The lowest BCUT2D eigenvalue weighted by molar-refractivity contribution is -0.157. The Bertz CT molecular complexity index is 382. The highest BCUT2D eigenvalue weighted by Gasteiger charge is 2.36. The fourth-order valence-electron chi connectivity index (χ4n) is 1.58. The molecule has 2 atom stereocenters. The summed E-state index contributed by atoms with van der Waals surface area (Å²) in [7, 11) is 0. The van der Waals surface area contributed by atoms with E-state index in [9.17, 15) is 19.2 Å². The molecular weight excluding hydrogens is 268 g/mol. The number of ether oxygens (including phenoxy) is 2. The summed E-state index contributed by atoms with van der Waals surface area (Å²) in [6.45, 7) is 4.57. The number of nitrogens with one attached hydrogen (secondary N) is 1. The molecule has 0 aromatic heterocycles. The van der Waals surface area contributed by atoms with E-state index in [1.807, 2.05) is 0 Å². The summed E-state index contributed by atoms with van der Waals surface area (Å²) in [5, 5.41) is 2.24. The quantitative estimate of drug-likeness (QED) is 0.558. The molecule has 0 fully saturated rings. The molecule has 0 spiro atoms. The maximum Gasteiger partial charge on any atom is 0.312 e. The number of nitrogens with two attached hydrogens (primary N) is 1. The van der Waals surface area contributed by atoms with Crippen LogP contribution in [0.1, 0.15) is 27.2 Å². The molecule has 20 heavy (non-hydrogen) atoms. The van der Waals surface area contributed by atoms with Gasteiger partial charge in [-0.1, -0.05) is 0 Å². The van der Waals surface area contributed by atoms with E-state index in [1.165, 1.54) is 6.92 Å². The first-order chi connectivity index (χ1) is 9.33. The zero-order valence-corrected chi connectivity index (χ0v) is 11.8. The SMILES string of the molecule is CCOC(=O)C[C@H](C(=O)OCC)[C@H](NC(C)=O)C(N)=O. The van der Waals surface area contributed by atoms with Gasteiger partial charge in [0.25, 0.3) is 0 Å². The Morgan fingerprint density at radius 1 is 1.10 bits per heavy atom. The molecule has 0 radical (unpaired) electrons. The molecule has 0 aromatic rings. The van der Waals surface area contributed by atoms with Crippen LogP contribution in [0.4, 0.5) is 0 Å². The Morgan fingerprint density at radius 3 is 2.05 bits per heavy atom. The summed E-state index contributed by atoms with van der Waals surface area (Å²) in [5.74, 6) is -4.16. The van der Waals surface area contributed by atoms with Crippen LogP contribution >= 0.6 is 0 Å². The van der Waals surface area contributed by atoms with Crippen LogP contribution in [0, 0.1) is 5.92 Å². The minimum Gasteiger partial charge on any atom is -0.466 e. The van der Waals surface area contributed by atoms with Gasteiger partial charge in [-0.2, -0.15) is 0 Å². The highest BCUT2D eigenvalue weighted by molar-refractivity contribution is 5.92. The fourth-order valence-corrected chi connectivity index (χ4v) is 1.58. The molecule has 0 aliphatic rings. The van der Waals surface area contributed by atoms with E-state index < -0.39 is 42.1 Å². The summed E-state index contributed by atoms with van der Waals surface area (Å²) in [6, 6.07) is -1.32. The van der Waals surface area contributed by atoms with Crippen molar-refractivity contribution in [3.05, 3.63) is 0 Å². The number of esters is 2. The predicted octanol–water partition coefficient (Wildman–Crippen LogP) is -0.891. The van der Waals surface area contributed by atoms with Crippen molar-refractivity contribution in [1.82, 2.24) is 5.32 Å². The topological polar surface area (TPSA) is 125 Å². The zero-order valence-electron chi connectivity index (χ0n) is 11.8. The third kappa shape index (κ3) is 6.17. The predicted molar refractivity (Wildman–Crippen MR) is 68.2 cm³/mol. The number of amides is 2. The number of rotatable bonds is 8. The second kappa shape index (κ2) is 8.89. The van der Waals surface area contributed by atoms with Gasteiger partial charge in [-0.15, -0.1) is 0 Å². The van der Waals surface area contributed by atoms with Gasteiger partial charge in [-0.05, 0) is 13.8 Å². The third-order valence-corrected chi connectivity index (χ3v) is 2.35. The Hall–Kier alpha value is -2.12. The molecule has 0 aliphatic heterocycles. The Morgan fingerprint density at radius 2 is 1.65 bits per heavy atom. The normalized spacial score (nSPS) is 12.9. The van der Waals surface area contributed by atoms with Gasteiger partial charge in [0.05, 0.1) is 25.6 Å². The fraction of sp³-hybridized carbons (Fsp3) is 0.667. The lowest BCUT2D eigenvalue weighted by atomic mass is 9.95. The van der Waals surface area contributed by atoms with E-state index in [1.54, 1.807) is 13.8 Å². The molecule has 0 unspecified atom stereocenters. The summed E-state index contributed by atoms with van der Waals surface area (Å²) >= 11 is 0. The van der Waals surface area contributed by atoms with Crippen LogP contribution in [-0.4, -0.2) is 43.0 Å². The van der Waals surface area contributed by atoms with Crippen LogP contribution in [0.3, 0.4) is 0 Å². The highest BCUT2D eigenvalue weighted by Crippen LogP contribution is 2.13. The molecule has 0 bridgehead atoms. The highest BCUT2D eigenvalue weighted by atomic mass is 16.5. The van der Waals surface area contributed by atoms with Gasteiger partial charge in [0.15, 0.2) is 0 Å². The number of carbonyl (C=O) groups is 4. The molecule has 0 aliphatic carbocycles. The first kappa shape index (κ1) is 17.9. The lowest BCUT2D eigenvalue weighted by Gasteiger charge is -2.22. The second-order valence-electron chi connectivity index (χ2n) is 3.95. The van der Waals surface area contributed by atoms with Crippen LogP contribution in [0.2, 0.25) is 0 Å². The van der Waals surface area contributed by atoms with Crippen molar-refractivity contribution >= 4 is 23.8 Å². The second-order valence-corrected chi connectivity index (χ2v) is 3.95. The molecule has 0 saturated carbocycles. The van der Waals surface area contributed by atoms with E-state index >= 15 is 0 Å². The van der Waals surface area contributed by atoms with E-state index in [0.29, 0.717) is 0 Å². The molecule has 0 rings (SSSR count). The molecule has 0 heterocycles. The van der Waals surface area contributed by atoms with Gasteiger partial charge in [0.2, 0.25) is 11.8 Å². The van der Waals surface area contributed by atoms with Crippen LogP contribution < -0.4 is 11.1 Å². The van der Waals surface area contributed by atoms with Crippen molar-refractivity contribution in [2.45, 2.75) is 33.2 Å². The summed E-state index contributed by atoms with van der Waals surface area (Å²) in [6.07, 6.45) is -0.402. The van der Waals surface area contributed by atoms with Crippen molar-refractivity contribution in [2.24, 2.45) is 11.7 Å². The molecule has 0 aromatic carbocycles. The van der Waals surface area contributed by atoms with Gasteiger partial charge < -0.3 is 20.5 Å². The third-order valence-electron chi connectivity index (χ3n) is 2.35. The van der Waals surface area contributed by atoms with Gasteiger partial charge in [0.1, 0.15) is 6.04 Å². The van der Waals surface area contributed by atoms with Crippen LogP contribution in [0.25, 0.3) is 0 Å². The van der Waals surface area contributed by atoms with E-state index in [4.69, 9.17) is 15.2 Å². The first-order valence-corrected chi connectivity index (χ1v) is 6.22. The van der Waals surface area contributed by atoms with Crippen molar-refractivity contribution in [2.75, 3.05) is 13.2 Å². The van der Waals surface area contributed by atoms with Crippen molar-refractivity contribution < 1.29 is 28.7 Å². The molecule has 8 nitrogen and oxygen atoms in total. The molecule has 0 saturated heterocycles. The molecule has 3 N–H and O–H groups in total. The average Bonchev–Trinajstić information content (AvgIpc) is 2.33. The van der Waals surface area contributed by atoms with Gasteiger partial charge in [-0.3, -0.25) is 19.2 Å². The van der Waals surface area contributed by atoms with E-state index in [-0.39, 0.29) is 13.2 Å². The van der Waals surface area contributed by atoms with Crippen molar-refractivity contribution in [3.8, 4) is 0 Å². The van der Waals surface area contributed by atoms with Crippen LogP contribution in [0.5, 0.6) is 0 Å². The van der Waals surface area contributed by atoms with Gasteiger partial charge >= 0.3 is 11.9 Å². The first-order valence-electron chi connectivity index (χ1n) is 6.22. The minimum absolute atomic E-state index is 0.0731. The van der Waals surface area contributed by atoms with Crippen LogP contribution in [-0.2, 0) is 28.7 Å². The van der Waals surface area contributed by atoms with Crippen molar-refractivity contribution in [1.29, 1.82) is 0 Å². The zero-order chi connectivity index (χ0) is 15.7. The minimum atomic E-state index is -1.32. The largest absolute Gasteiger partial charge is 0.466 e. The average molecular weight is 288 g/mol. The standard InChI is InChI=1S/C12H20N2O6/c1-4-19-9(16)6-8(12(18)20-5-2)10(11(13)17)14-7(3)15/h8,10H,4-6H2,1-3H3,(H2,13,17)(H,14,15)/t8-,10-/m0/s1.